The lowest BCUT2D eigenvalue weighted by Crippen LogP contribution is -2.06. The fourth-order valence-corrected chi connectivity index (χ4v) is 3.17. The van der Waals surface area contributed by atoms with Crippen LogP contribution in [0.1, 0.15) is 15.9 Å². The van der Waals surface area contributed by atoms with E-state index in [1.54, 1.807) is 18.2 Å². The Morgan fingerprint density at radius 3 is 2.62 bits per heavy atom. The molecule has 24 heavy (non-hydrogen) atoms. The largest absolute Gasteiger partial charge is 0.454 e. The Bertz CT molecular complexity index is 793. The maximum absolute atomic E-state index is 12.8. The number of hydrogen-bond acceptors (Lipinski definition) is 4. The second-order valence-electron chi connectivity index (χ2n) is 4.92. The van der Waals surface area contributed by atoms with Crippen molar-refractivity contribution < 1.29 is 27.4 Å². The van der Waals surface area contributed by atoms with Gasteiger partial charge in [-0.1, -0.05) is 11.6 Å². The fourth-order valence-electron chi connectivity index (χ4n) is 2.11. The molecule has 1 aliphatic rings. The minimum atomic E-state index is -4.53. The van der Waals surface area contributed by atoms with Crippen LogP contribution < -0.4 is 9.47 Å². The standard InChI is InChI=1S/C16H10ClF3O3S/c17-12-3-2-10(6-11(12)16(18,19)20)24-7-13(21)9-1-4-14-15(5-9)23-8-22-14/h1-6H,7-8H2. The van der Waals surface area contributed by atoms with Gasteiger partial charge in [-0.3, -0.25) is 4.79 Å². The molecule has 1 heterocycles. The third kappa shape index (κ3) is 3.62. The van der Waals surface area contributed by atoms with Gasteiger partial charge < -0.3 is 9.47 Å². The van der Waals surface area contributed by atoms with Gasteiger partial charge in [-0.15, -0.1) is 11.8 Å². The molecule has 0 unspecified atom stereocenters. The first-order valence-corrected chi connectivity index (χ1v) is 8.13. The van der Waals surface area contributed by atoms with Gasteiger partial charge in [0.25, 0.3) is 0 Å². The first-order chi connectivity index (χ1) is 11.3. The molecule has 0 radical (unpaired) electrons. The first-order valence-electron chi connectivity index (χ1n) is 6.77. The van der Waals surface area contributed by atoms with E-state index in [1.165, 1.54) is 12.1 Å². The molecule has 0 atom stereocenters. The Hall–Kier alpha value is -1.86. The topological polar surface area (TPSA) is 35.5 Å². The minimum Gasteiger partial charge on any atom is -0.454 e. The number of benzene rings is 2. The monoisotopic (exact) mass is 374 g/mol. The Morgan fingerprint density at radius 1 is 1.12 bits per heavy atom. The van der Waals surface area contributed by atoms with Crippen molar-refractivity contribution in [3.63, 3.8) is 0 Å². The van der Waals surface area contributed by atoms with E-state index in [9.17, 15) is 18.0 Å². The summed E-state index contributed by atoms with van der Waals surface area (Å²) in [5.41, 5.74) is -0.499. The summed E-state index contributed by atoms with van der Waals surface area (Å²) in [5.74, 6) is 0.823. The summed E-state index contributed by atoms with van der Waals surface area (Å²) in [7, 11) is 0. The maximum atomic E-state index is 12.8. The van der Waals surface area contributed by atoms with Crippen molar-refractivity contribution in [3.05, 3.63) is 52.5 Å². The molecule has 0 bridgehead atoms. The van der Waals surface area contributed by atoms with Crippen molar-refractivity contribution in [2.75, 3.05) is 12.5 Å². The Balaban J connectivity index is 1.70. The van der Waals surface area contributed by atoms with Crippen molar-refractivity contribution >= 4 is 29.1 Å². The first kappa shape index (κ1) is 17.0. The third-order valence-corrected chi connectivity index (χ3v) is 4.63. The summed E-state index contributed by atoms with van der Waals surface area (Å²) >= 11 is 6.59. The molecule has 2 aromatic carbocycles. The summed E-state index contributed by atoms with van der Waals surface area (Å²) in [6.07, 6.45) is -4.53. The third-order valence-electron chi connectivity index (χ3n) is 3.31. The van der Waals surface area contributed by atoms with Gasteiger partial charge in [-0.2, -0.15) is 13.2 Å². The van der Waals surface area contributed by atoms with Crippen LogP contribution in [0.4, 0.5) is 13.2 Å². The average molecular weight is 375 g/mol. The highest BCUT2D eigenvalue weighted by molar-refractivity contribution is 8.00. The van der Waals surface area contributed by atoms with Crippen LogP contribution in [-0.2, 0) is 6.18 Å². The predicted molar refractivity (Wildman–Crippen MR) is 84.1 cm³/mol. The second-order valence-corrected chi connectivity index (χ2v) is 6.38. The van der Waals surface area contributed by atoms with Gasteiger partial charge in [0.15, 0.2) is 17.3 Å². The number of rotatable bonds is 4. The van der Waals surface area contributed by atoms with Gasteiger partial charge in [-0.05, 0) is 36.4 Å². The average Bonchev–Trinajstić information content (AvgIpc) is 3.00. The van der Waals surface area contributed by atoms with Crippen LogP contribution in [0.15, 0.2) is 41.3 Å². The molecule has 0 saturated heterocycles. The van der Waals surface area contributed by atoms with E-state index in [0.717, 1.165) is 17.8 Å². The molecular formula is C16H10ClF3O3S. The molecule has 0 N–H and O–H groups in total. The molecule has 0 spiro atoms. The molecule has 8 heteroatoms. The van der Waals surface area contributed by atoms with E-state index in [1.807, 2.05) is 0 Å². The molecule has 3 rings (SSSR count). The second kappa shape index (κ2) is 6.57. The van der Waals surface area contributed by atoms with Gasteiger partial charge >= 0.3 is 6.18 Å². The number of alkyl halides is 3. The Morgan fingerprint density at radius 2 is 1.88 bits per heavy atom. The van der Waals surface area contributed by atoms with E-state index in [4.69, 9.17) is 21.1 Å². The van der Waals surface area contributed by atoms with Crippen molar-refractivity contribution in [1.82, 2.24) is 0 Å². The van der Waals surface area contributed by atoms with Gasteiger partial charge in [0.05, 0.1) is 16.3 Å². The van der Waals surface area contributed by atoms with E-state index >= 15 is 0 Å². The van der Waals surface area contributed by atoms with Crippen molar-refractivity contribution in [1.29, 1.82) is 0 Å². The lowest BCUT2D eigenvalue weighted by atomic mass is 10.1. The van der Waals surface area contributed by atoms with Gasteiger partial charge in [0.1, 0.15) is 0 Å². The minimum absolute atomic E-state index is 0.00142. The van der Waals surface area contributed by atoms with Crippen LogP contribution in [0, 0.1) is 0 Å². The summed E-state index contributed by atoms with van der Waals surface area (Å²) in [6, 6.07) is 8.37. The highest BCUT2D eigenvalue weighted by atomic mass is 35.5. The molecule has 0 aromatic heterocycles. The highest BCUT2D eigenvalue weighted by Gasteiger charge is 2.33. The van der Waals surface area contributed by atoms with Crippen molar-refractivity contribution in [2.45, 2.75) is 11.1 Å². The van der Waals surface area contributed by atoms with Crippen molar-refractivity contribution in [3.8, 4) is 11.5 Å². The van der Waals surface area contributed by atoms with E-state index < -0.39 is 11.7 Å². The highest BCUT2D eigenvalue weighted by Crippen LogP contribution is 2.37. The Labute approximate surface area is 144 Å². The van der Waals surface area contributed by atoms with Gasteiger partial charge in [0, 0.05) is 10.5 Å². The zero-order valence-electron chi connectivity index (χ0n) is 12.0. The molecular weight excluding hydrogens is 365 g/mol. The molecule has 0 saturated carbocycles. The van der Waals surface area contributed by atoms with Crippen LogP contribution >= 0.6 is 23.4 Å². The SMILES string of the molecule is O=C(CSc1ccc(Cl)c(C(F)(F)F)c1)c1ccc2c(c1)OCO2. The van der Waals surface area contributed by atoms with Crippen LogP contribution in [0.3, 0.4) is 0 Å². The lowest BCUT2D eigenvalue weighted by molar-refractivity contribution is -0.137. The summed E-state index contributed by atoms with van der Waals surface area (Å²) in [5, 5.41) is -0.367. The van der Waals surface area contributed by atoms with E-state index in [2.05, 4.69) is 0 Å². The summed E-state index contributed by atoms with van der Waals surface area (Å²) in [6.45, 7) is 0.104. The number of Topliss-reactive ketones (excluding diaryl/α,β-unsaturated/α-hetero) is 1. The smallest absolute Gasteiger partial charge is 0.417 e. The number of halogens is 4. The molecule has 0 fully saturated rings. The zero-order chi connectivity index (χ0) is 17.3. The number of thioether (sulfide) groups is 1. The summed E-state index contributed by atoms with van der Waals surface area (Å²) < 4.78 is 48.9. The molecule has 2 aromatic rings. The normalized spacial score (nSPS) is 13.2. The van der Waals surface area contributed by atoms with Gasteiger partial charge in [0.2, 0.25) is 6.79 Å². The van der Waals surface area contributed by atoms with Crippen LogP contribution in [0.5, 0.6) is 11.5 Å². The fraction of sp³-hybridized carbons (Fsp3) is 0.188. The number of ketones is 1. The maximum Gasteiger partial charge on any atom is 0.417 e. The molecule has 0 amide bonds. The van der Waals surface area contributed by atoms with Crippen LogP contribution in [-0.4, -0.2) is 18.3 Å². The predicted octanol–water partition coefficient (Wildman–Crippen LogP) is 5.06. The zero-order valence-corrected chi connectivity index (χ0v) is 13.6. The van der Waals surface area contributed by atoms with Crippen LogP contribution in [0.2, 0.25) is 5.02 Å². The Kier molecular flexibility index (Phi) is 4.64. The quantitative estimate of drug-likeness (QED) is 0.553. The van der Waals surface area contributed by atoms with E-state index in [-0.39, 0.29) is 23.4 Å². The lowest BCUT2D eigenvalue weighted by Gasteiger charge is -2.10. The number of ether oxygens (including phenoxy) is 2. The van der Waals surface area contributed by atoms with Gasteiger partial charge in [-0.25, -0.2) is 0 Å². The number of carbonyl (C=O) groups excluding carboxylic acids is 1. The molecule has 1 aliphatic heterocycles. The van der Waals surface area contributed by atoms with E-state index in [0.29, 0.717) is 22.0 Å². The molecule has 3 nitrogen and oxygen atoms in total. The number of hydrogen-bond donors (Lipinski definition) is 0. The number of fused-ring (bicyclic) bond motifs is 1. The molecule has 0 aliphatic carbocycles. The summed E-state index contributed by atoms with van der Waals surface area (Å²) in [4.78, 5) is 12.5. The van der Waals surface area contributed by atoms with Crippen LogP contribution in [0.25, 0.3) is 0 Å². The molecule has 126 valence electrons. The van der Waals surface area contributed by atoms with Crippen molar-refractivity contribution in [2.24, 2.45) is 0 Å². The number of carbonyl (C=O) groups is 1.